The molecule has 1 saturated heterocycles. The highest BCUT2D eigenvalue weighted by Crippen LogP contribution is 2.28. The van der Waals surface area contributed by atoms with Crippen molar-refractivity contribution >= 4 is 5.91 Å². The Bertz CT molecular complexity index is 564. The molecule has 0 aromatic heterocycles. The largest absolute Gasteiger partial charge is 0.493 e. The lowest BCUT2D eigenvalue weighted by Crippen LogP contribution is -2.32. The number of benzene rings is 1. The summed E-state index contributed by atoms with van der Waals surface area (Å²) in [5.74, 6) is 1.39. The van der Waals surface area contributed by atoms with Gasteiger partial charge in [0.1, 0.15) is 0 Å². The maximum absolute atomic E-state index is 12.1. The van der Waals surface area contributed by atoms with Crippen molar-refractivity contribution in [1.82, 2.24) is 10.2 Å². The second-order valence-corrected chi connectivity index (χ2v) is 7.08. The van der Waals surface area contributed by atoms with Crippen LogP contribution in [0.4, 0.5) is 0 Å². The Balaban J connectivity index is 1.52. The van der Waals surface area contributed by atoms with E-state index < -0.39 is 0 Å². The number of nitrogens with one attached hydrogen (secondary N) is 1. The molecule has 1 amide bonds. The van der Waals surface area contributed by atoms with Gasteiger partial charge in [0.25, 0.3) is 5.91 Å². The first-order valence-corrected chi connectivity index (χ1v) is 9.57. The van der Waals surface area contributed by atoms with Crippen LogP contribution in [0, 0.1) is 0 Å². The molecule has 1 saturated carbocycles. The zero-order valence-corrected chi connectivity index (χ0v) is 15.3. The lowest BCUT2D eigenvalue weighted by atomic mass is 9.95. The van der Waals surface area contributed by atoms with E-state index in [1.807, 2.05) is 23.1 Å². The molecule has 1 heterocycles. The maximum Gasteiger partial charge on any atom is 0.260 e. The molecule has 5 heteroatoms. The van der Waals surface area contributed by atoms with Crippen molar-refractivity contribution in [1.29, 1.82) is 0 Å². The molecule has 0 bridgehead atoms. The van der Waals surface area contributed by atoms with E-state index in [4.69, 9.17) is 9.47 Å². The molecule has 0 spiro atoms. The van der Waals surface area contributed by atoms with Crippen LogP contribution >= 0.6 is 0 Å². The Hall–Kier alpha value is -1.75. The Morgan fingerprint density at radius 3 is 2.60 bits per heavy atom. The Labute approximate surface area is 150 Å². The quantitative estimate of drug-likeness (QED) is 0.824. The molecule has 3 rings (SSSR count). The summed E-state index contributed by atoms with van der Waals surface area (Å²) in [6.07, 6.45) is 8.77. The number of hydrogen-bond acceptors (Lipinski definition) is 4. The van der Waals surface area contributed by atoms with E-state index in [0.29, 0.717) is 17.5 Å². The highest BCUT2D eigenvalue weighted by Gasteiger charge is 2.19. The molecular weight excluding hydrogens is 316 g/mol. The summed E-state index contributed by atoms with van der Waals surface area (Å²) in [6.45, 7) is 2.63. The maximum atomic E-state index is 12.1. The van der Waals surface area contributed by atoms with Gasteiger partial charge in [-0.05, 0) is 43.4 Å². The number of carbonyl (C=O) groups excluding carboxylic acids is 1. The number of likely N-dealkylation sites (tertiary alicyclic amines) is 1. The van der Waals surface area contributed by atoms with Gasteiger partial charge >= 0.3 is 0 Å². The van der Waals surface area contributed by atoms with Gasteiger partial charge in [0.15, 0.2) is 18.1 Å². The standard InChI is InChI=1S/C20H30N2O3/c1-24-19-13-16(14-21-17-7-3-2-4-8-17)9-10-18(19)25-15-20(23)22-11-5-6-12-22/h9-10,13,17,21H,2-8,11-12,14-15H2,1H3. The highest BCUT2D eigenvalue weighted by molar-refractivity contribution is 5.78. The molecule has 1 N–H and O–H groups in total. The van der Waals surface area contributed by atoms with Crippen LogP contribution < -0.4 is 14.8 Å². The molecule has 1 aliphatic heterocycles. The van der Waals surface area contributed by atoms with E-state index in [1.165, 1.54) is 37.7 Å². The van der Waals surface area contributed by atoms with E-state index in [9.17, 15) is 4.79 Å². The molecular formula is C20H30N2O3. The summed E-state index contributed by atoms with van der Waals surface area (Å²) >= 11 is 0. The number of hydrogen-bond donors (Lipinski definition) is 1. The second-order valence-electron chi connectivity index (χ2n) is 7.08. The molecule has 1 aliphatic carbocycles. The number of amides is 1. The second kappa shape index (κ2) is 9.09. The van der Waals surface area contributed by atoms with Gasteiger partial charge in [0.05, 0.1) is 7.11 Å². The van der Waals surface area contributed by atoms with Crippen LogP contribution in [0.1, 0.15) is 50.5 Å². The fourth-order valence-corrected chi connectivity index (χ4v) is 3.71. The predicted octanol–water partition coefficient (Wildman–Crippen LogP) is 3.12. The predicted molar refractivity (Wildman–Crippen MR) is 98.0 cm³/mol. The van der Waals surface area contributed by atoms with Gasteiger partial charge in [0.2, 0.25) is 0 Å². The first-order chi connectivity index (χ1) is 12.3. The molecule has 2 fully saturated rings. The van der Waals surface area contributed by atoms with Crippen molar-refractivity contribution in [2.24, 2.45) is 0 Å². The molecule has 25 heavy (non-hydrogen) atoms. The number of carbonyl (C=O) groups is 1. The third kappa shape index (κ3) is 5.11. The Morgan fingerprint density at radius 1 is 1.12 bits per heavy atom. The smallest absolute Gasteiger partial charge is 0.260 e. The van der Waals surface area contributed by atoms with Crippen molar-refractivity contribution in [2.45, 2.75) is 57.5 Å². The number of rotatable bonds is 7. The average Bonchev–Trinajstić information content (AvgIpc) is 3.20. The highest BCUT2D eigenvalue weighted by atomic mass is 16.5. The van der Waals surface area contributed by atoms with Gasteiger partial charge in [-0.1, -0.05) is 25.3 Å². The molecule has 1 aromatic rings. The van der Waals surface area contributed by atoms with Gasteiger partial charge in [-0.2, -0.15) is 0 Å². The van der Waals surface area contributed by atoms with Gasteiger partial charge in [-0.15, -0.1) is 0 Å². The monoisotopic (exact) mass is 346 g/mol. The fourth-order valence-electron chi connectivity index (χ4n) is 3.71. The van der Waals surface area contributed by atoms with Crippen LogP contribution in [0.2, 0.25) is 0 Å². The van der Waals surface area contributed by atoms with E-state index in [0.717, 1.165) is 32.5 Å². The minimum Gasteiger partial charge on any atom is -0.493 e. The van der Waals surface area contributed by atoms with E-state index in [1.54, 1.807) is 7.11 Å². The van der Waals surface area contributed by atoms with Gasteiger partial charge < -0.3 is 19.7 Å². The molecule has 2 aliphatic rings. The fraction of sp³-hybridized carbons (Fsp3) is 0.650. The van der Waals surface area contributed by atoms with Crippen LogP contribution in [0.25, 0.3) is 0 Å². The zero-order chi connectivity index (χ0) is 17.5. The summed E-state index contributed by atoms with van der Waals surface area (Å²) in [5.41, 5.74) is 1.18. The minimum atomic E-state index is 0.0580. The van der Waals surface area contributed by atoms with Crippen LogP contribution in [0.15, 0.2) is 18.2 Å². The molecule has 0 unspecified atom stereocenters. The molecule has 0 radical (unpaired) electrons. The van der Waals surface area contributed by atoms with Crippen LogP contribution in [0.5, 0.6) is 11.5 Å². The summed E-state index contributed by atoms with van der Waals surface area (Å²) in [4.78, 5) is 14.0. The van der Waals surface area contributed by atoms with Crippen LogP contribution in [-0.2, 0) is 11.3 Å². The molecule has 138 valence electrons. The van der Waals surface area contributed by atoms with E-state index in [2.05, 4.69) is 5.32 Å². The average molecular weight is 346 g/mol. The Morgan fingerprint density at radius 2 is 1.88 bits per heavy atom. The lowest BCUT2D eigenvalue weighted by molar-refractivity contribution is -0.132. The van der Waals surface area contributed by atoms with Crippen molar-refractivity contribution in [2.75, 3.05) is 26.8 Å². The van der Waals surface area contributed by atoms with E-state index >= 15 is 0 Å². The number of methoxy groups -OCH3 is 1. The normalized spacial score (nSPS) is 18.4. The van der Waals surface area contributed by atoms with Gasteiger partial charge in [-0.25, -0.2) is 0 Å². The Kier molecular flexibility index (Phi) is 6.56. The van der Waals surface area contributed by atoms with Gasteiger partial charge in [0, 0.05) is 25.7 Å². The third-order valence-electron chi connectivity index (χ3n) is 5.24. The number of ether oxygens (including phenoxy) is 2. The molecule has 0 atom stereocenters. The molecule has 1 aromatic carbocycles. The lowest BCUT2D eigenvalue weighted by Gasteiger charge is -2.23. The zero-order valence-electron chi connectivity index (χ0n) is 15.3. The molecule has 5 nitrogen and oxygen atoms in total. The van der Waals surface area contributed by atoms with Crippen molar-refractivity contribution in [3.63, 3.8) is 0 Å². The minimum absolute atomic E-state index is 0.0580. The summed E-state index contributed by atoms with van der Waals surface area (Å²) in [6, 6.07) is 6.60. The number of nitrogens with zero attached hydrogens (tertiary/aromatic N) is 1. The SMILES string of the molecule is COc1cc(CNC2CCCCC2)ccc1OCC(=O)N1CCCC1. The van der Waals surface area contributed by atoms with Crippen molar-refractivity contribution < 1.29 is 14.3 Å². The van der Waals surface area contributed by atoms with Crippen LogP contribution in [-0.4, -0.2) is 43.7 Å². The van der Waals surface area contributed by atoms with Crippen molar-refractivity contribution in [3.8, 4) is 11.5 Å². The van der Waals surface area contributed by atoms with E-state index in [-0.39, 0.29) is 12.5 Å². The summed E-state index contributed by atoms with van der Waals surface area (Å²) < 4.78 is 11.2. The summed E-state index contributed by atoms with van der Waals surface area (Å²) in [5, 5.41) is 3.64. The summed E-state index contributed by atoms with van der Waals surface area (Å²) in [7, 11) is 1.64. The first-order valence-electron chi connectivity index (χ1n) is 9.57. The first kappa shape index (κ1) is 18.1. The van der Waals surface area contributed by atoms with Gasteiger partial charge in [-0.3, -0.25) is 4.79 Å². The third-order valence-corrected chi connectivity index (χ3v) is 5.24. The van der Waals surface area contributed by atoms with Crippen molar-refractivity contribution in [3.05, 3.63) is 23.8 Å². The topological polar surface area (TPSA) is 50.8 Å². The van der Waals surface area contributed by atoms with Crippen LogP contribution in [0.3, 0.4) is 0 Å².